The molecule has 0 radical (unpaired) electrons. The summed E-state index contributed by atoms with van der Waals surface area (Å²) in [6.07, 6.45) is 0. The molecule has 0 fully saturated rings. The highest BCUT2D eigenvalue weighted by molar-refractivity contribution is 7.70. The van der Waals surface area contributed by atoms with E-state index in [2.05, 4.69) is 0 Å². The van der Waals surface area contributed by atoms with Gasteiger partial charge in [0, 0.05) is 5.30 Å². The van der Waals surface area contributed by atoms with Crippen molar-refractivity contribution in [2.24, 2.45) is 0 Å². The molecule has 0 amide bonds. The van der Waals surface area contributed by atoms with Gasteiger partial charge in [-0.25, -0.2) is 4.39 Å². The molecule has 0 atom stereocenters. The fourth-order valence-corrected chi connectivity index (χ4v) is 2.42. The van der Waals surface area contributed by atoms with Gasteiger partial charge in [-0.1, -0.05) is 26.8 Å². The Kier molecular flexibility index (Phi) is 3.11. The SMILES string of the molecule is CC(C)(C)c1ccc(P(C)(C)=O)c(F)c1. The van der Waals surface area contributed by atoms with Crippen LogP contribution in [0.25, 0.3) is 0 Å². The fraction of sp³-hybridized carbons (Fsp3) is 0.500. The first-order valence-electron chi connectivity index (χ1n) is 4.98. The molecule has 0 bridgehead atoms. The molecule has 0 saturated heterocycles. The van der Waals surface area contributed by atoms with Crippen LogP contribution in [0.1, 0.15) is 26.3 Å². The zero-order valence-electron chi connectivity index (χ0n) is 9.97. The lowest BCUT2D eigenvalue weighted by atomic mass is 9.87. The van der Waals surface area contributed by atoms with E-state index in [4.69, 9.17) is 0 Å². The maximum Gasteiger partial charge on any atom is 0.134 e. The minimum absolute atomic E-state index is 0.0785. The zero-order valence-corrected chi connectivity index (χ0v) is 10.9. The summed E-state index contributed by atoms with van der Waals surface area (Å²) in [5.74, 6) is -0.351. The third-order valence-corrected chi connectivity index (χ3v) is 3.92. The lowest BCUT2D eigenvalue weighted by Gasteiger charge is -2.20. The highest BCUT2D eigenvalue weighted by atomic mass is 31.2. The third-order valence-electron chi connectivity index (χ3n) is 2.39. The predicted molar refractivity (Wildman–Crippen MR) is 64.2 cm³/mol. The van der Waals surface area contributed by atoms with E-state index in [0.29, 0.717) is 5.30 Å². The highest BCUT2D eigenvalue weighted by Gasteiger charge is 2.20. The van der Waals surface area contributed by atoms with E-state index in [0.717, 1.165) is 5.56 Å². The number of halogens is 1. The molecule has 1 aromatic carbocycles. The molecule has 0 aliphatic heterocycles. The molecule has 1 aromatic rings. The van der Waals surface area contributed by atoms with Crippen molar-refractivity contribution in [3.05, 3.63) is 29.6 Å². The van der Waals surface area contributed by atoms with Crippen LogP contribution in [-0.4, -0.2) is 13.3 Å². The van der Waals surface area contributed by atoms with Crippen molar-refractivity contribution in [3.8, 4) is 0 Å². The number of benzene rings is 1. The third kappa shape index (κ3) is 2.92. The van der Waals surface area contributed by atoms with Crippen LogP contribution in [0.15, 0.2) is 18.2 Å². The van der Waals surface area contributed by atoms with Crippen LogP contribution in [0.2, 0.25) is 0 Å². The lowest BCUT2D eigenvalue weighted by molar-refractivity contribution is 0.570. The average Bonchev–Trinajstić information content (AvgIpc) is 1.99. The second kappa shape index (κ2) is 3.75. The Hall–Kier alpha value is -0.620. The Balaban J connectivity index is 3.27. The minimum Gasteiger partial charge on any atom is -0.319 e. The molecule has 0 aliphatic rings. The first-order chi connectivity index (χ1) is 6.62. The summed E-state index contributed by atoms with van der Waals surface area (Å²) >= 11 is 0. The molecule has 0 N–H and O–H groups in total. The summed E-state index contributed by atoms with van der Waals surface area (Å²) < 4.78 is 25.5. The Morgan fingerprint density at radius 1 is 1.20 bits per heavy atom. The largest absolute Gasteiger partial charge is 0.319 e. The van der Waals surface area contributed by atoms with Crippen LogP contribution < -0.4 is 5.30 Å². The summed E-state index contributed by atoms with van der Waals surface area (Å²) in [6.45, 7) is 9.25. The van der Waals surface area contributed by atoms with Crippen molar-refractivity contribution in [2.45, 2.75) is 26.2 Å². The van der Waals surface area contributed by atoms with Crippen LogP contribution in [-0.2, 0) is 9.98 Å². The van der Waals surface area contributed by atoms with E-state index < -0.39 is 7.14 Å². The Bertz CT molecular complexity index is 412. The molecular weight excluding hydrogens is 210 g/mol. The lowest BCUT2D eigenvalue weighted by Crippen LogP contribution is -2.15. The van der Waals surface area contributed by atoms with Crippen molar-refractivity contribution < 1.29 is 8.96 Å². The van der Waals surface area contributed by atoms with Gasteiger partial charge >= 0.3 is 0 Å². The quantitative estimate of drug-likeness (QED) is 0.673. The molecule has 1 rings (SSSR count). The maximum absolute atomic E-state index is 13.7. The first kappa shape index (κ1) is 12.4. The summed E-state index contributed by atoms with van der Waals surface area (Å²) in [7, 11) is -2.50. The van der Waals surface area contributed by atoms with Crippen molar-refractivity contribution in [3.63, 3.8) is 0 Å². The molecule has 0 unspecified atom stereocenters. The van der Waals surface area contributed by atoms with Crippen molar-refractivity contribution in [1.29, 1.82) is 0 Å². The molecule has 15 heavy (non-hydrogen) atoms. The monoisotopic (exact) mass is 228 g/mol. The topological polar surface area (TPSA) is 17.1 Å². The Morgan fingerprint density at radius 2 is 1.73 bits per heavy atom. The van der Waals surface area contributed by atoms with Gasteiger partial charge in [0.15, 0.2) is 0 Å². The zero-order chi connectivity index (χ0) is 11.9. The molecule has 3 heteroatoms. The summed E-state index contributed by atoms with van der Waals surface area (Å²) in [5.41, 5.74) is 0.849. The van der Waals surface area contributed by atoms with Crippen LogP contribution in [0.5, 0.6) is 0 Å². The summed E-state index contributed by atoms with van der Waals surface area (Å²) in [6, 6.07) is 5.00. The van der Waals surface area contributed by atoms with Gasteiger partial charge in [0.2, 0.25) is 0 Å². The molecule has 0 heterocycles. The predicted octanol–water partition coefficient (Wildman–Crippen LogP) is 3.37. The minimum atomic E-state index is -2.50. The van der Waals surface area contributed by atoms with Gasteiger partial charge in [0.1, 0.15) is 13.0 Å². The van der Waals surface area contributed by atoms with Crippen LogP contribution in [0.4, 0.5) is 4.39 Å². The van der Waals surface area contributed by atoms with Crippen molar-refractivity contribution >= 4 is 12.4 Å². The Morgan fingerprint density at radius 3 is 2.07 bits per heavy atom. The van der Waals surface area contributed by atoms with E-state index >= 15 is 0 Å². The van der Waals surface area contributed by atoms with Crippen molar-refractivity contribution in [2.75, 3.05) is 13.3 Å². The molecule has 0 aliphatic carbocycles. The van der Waals surface area contributed by atoms with E-state index in [-0.39, 0.29) is 11.2 Å². The maximum atomic E-state index is 13.7. The average molecular weight is 228 g/mol. The fourth-order valence-electron chi connectivity index (χ4n) is 1.41. The molecule has 0 spiro atoms. The van der Waals surface area contributed by atoms with Gasteiger partial charge in [0.05, 0.1) is 0 Å². The molecular formula is C12H18FOP. The number of hydrogen-bond donors (Lipinski definition) is 0. The van der Waals surface area contributed by atoms with E-state index in [1.165, 1.54) is 6.07 Å². The first-order valence-corrected chi connectivity index (χ1v) is 7.58. The number of hydrogen-bond acceptors (Lipinski definition) is 1. The molecule has 0 aromatic heterocycles. The van der Waals surface area contributed by atoms with E-state index in [9.17, 15) is 8.96 Å². The van der Waals surface area contributed by atoms with Crippen molar-refractivity contribution in [1.82, 2.24) is 0 Å². The summed E-state index contributed by atoms with van der Waals surface area (Å²) in [5, 5.41) is 0.343. The van der Waals surface area contributed by atoms with Gasteiger partial charge in [-0.2, -0.15) is 0 Å². The van der Waals surface area contributed by atoms with Crippen LogP contribution in [0.3, 0.4) is 0 Å². The van der Waals surface area contributed by atoms with Gasteiger partial charge in [-0.3, -0.25) is 0 Å². The van der Waals surface area contributed by atoms with Gasteiger partial charge < -0.3 is 4.57 Å². The highest BCUT2D eigenvalue weighted by Crippen LogP contribution is 2.36. The number of rotatable bonds is 1. The standard InChI is InChI=1S/C12H18FOP/c1-12(2,3)9-6-7-11(10(13)8-9)15(4,5)14/h6-8H,1-5H3. The normalized spacial score (nSPS) is 12.9. The van der Waals surface area contributed by atoms with E-state index in [1.54, 1.807) is 19.4 Å². The second-order valence-corrected chi connectivity index (χ2v) is 8.45. The second-order valence-electron chi connectivity index (χ2n) is 5.27. The molecule has 0 saturated carbocycles. The molecule has 84 valence electrons. The smallest absolute Gasteiger partial charge is 0.134 e. The van der Waals surface area contributed by atoms with Crippen LogP contribution >= 0.6 is 7.14 Å². The van der Waals surface area contributed by atoms with Gasteiger partial charge in [0.25, 0.3) is 0 Å². The summed E-state index contributed by atoms with van der Waals surface area (Å²) in [4.78, 5) is 0. The Labute approximate surface area is 91.1 Å². The van der Waals surface area contributed by atoms with Crippen LogP contribution in [0, 0.1) is 5.82 Å². The van der Waals surface area contributed by atoms with Gasteiger partial charge in [-0.05, 0) is 36.4 Å². The van der Waals surface area contributed by atoms with Gasteiger partial charge in [-0.15, -0.1) is 0 Å². The molecule has 1 nitrogen and oxygen atoms in total. The van der Waals surface area contributed by atoms with E-state index in [1.807, 2.05) is 26.8 Å².